The van der Waals surface area contributed by atoms with Gasteiger partial charge < -0.3 is 9.32 Å². The summed E-state index contributed by atoms with van der Waals surface area (Å²) in [4.78, 5) is 18.6. The number of carbonyl (C=O) groups excluding carboxylic acids is 1. The molecule has 0 saturated heterocycles. The van der Waals surface area contributed by atoms with E-state index in [0.29, 0.717) is 6.54 Å². The lowest BCUT2D eigenvalue weighted by atomic mass is 9.83. The summed E-state index contributed by atoms with van der Waals surface area (Å²) in [5.41, 5.74) is 0.681. The SMILES string of the molecule is CCC(C)(CC)C(=O)N1CCc2ocnc2C1. The Hall–Kier alpha value is -1.32. The number of fused-ring (bicyclic) bond motifs is 1. The van der Waals surface area contributed by atoms with Gasteiger partial charge in [-0.05, 0) is 12.8 Å². The van der Waals surface area contributed by atoms with E-state index in [0.717, 1.165) is 37.3 Å². The van der Waals surface area contributed by atoms with Crippen LogP contribution in [0.3, 0.4) is 0 Å². The van der Waals surface area contributed by atoms with Crippen LogP contribution in [0, 0.1) is 5.41 Å². The Balaban J connectivity index is 2.13. The largest absolute Gasteiger partial charge is 0.448 e. The number of nitrogens with zero attached hydrogens (tertiary/aromatic N) is 2. The number of rotatable bonds is 3. The minimum atomic E-state index is -0.235. The van der Waals surface area contributed by atoms with Crippen molar-refractivity contribution in [1.82, 2.24) is 9.88 Å². The van der Waals surface area contributed by atoms with Crippen molar-refractivity contribution in [3.8, 4) is 0 Å². The molecule has 1 aromatic heterocycles. The fraction of sp³-hybridized carbons (Fsp3) is 0.692. The maximum atomic E-state index is 12.5. The van der Waals surface area contributed by atoms with Crippen molar-refractivity contribution >= 4 is 5.91 Å². The van der Waals surface area contributed by atoms with Crippen molar-refractivity contribution in [1.29, 1.82) is 0 Å². The number of oxazole rings is 1. The molecular formula is C13H20N2O2. The number of aromatic nitrogens is 1. The summed E-state index contributed by atoms with van der Waals surface area (Å²) in [6, 6.07) is 0. The van der Waals surface area contributed by atoms with Gasteiger partial charge in [0, 0.05) is 18.4 Å². The van der Waals surface area contributed by atoms with Gasteiger partial charge in [0.2, 0.25) is 5.91 Å². The second kappa shape index (κ2) is 4.51. The van der Waals surface area contributed by atoms with E-state index in [9.17, 15) is 4.79 Å². The minimum Gasteiger partial charge on any atom is -0.448 e. The predicted octanol–water partition coefficient (Wildman–Crippen LogP) is 2.39. The maximum Gasteiger partial charge on any atom is 0.228 e. The highest BCUT2D eigenvalue weighted by Crippen LogP contribution is 2.30. The van der Waals surface area contributed by atoms with Crippen LogP contribution >= 0.6 is 0 Å². The summed E-state index contributed by atoms with van der Waals surface area (Å²) in [6.07, 6.45) is 4.01. The van der Waals surface area contributed by atoms with E-state index in [2.05, 4.69) is 18.8 Å². The van der Waals surface area contributed by atoms with Crippen molar-refractivity contribution in [2.45, 2.75) is 46.6 Å². The third kappa shape index (κ3) is 2.08. The average Bonchev–Trinajstić information content (AvgIpc) is 2.84. The second-order valence-corrected chi connectivity index (χ2v) is 4.97. The van der Waals surface area contributed by atoms with Crippen LogP contribution in [0.25, 0.3) is 0 Å². The van der Waals surface area contributed by atoms with Crippen molar-refractivity contribution in [2.75, 3.05) is 6.54 Å². The molecule has 1 aliphatic heterocycles. The summed E-state index contributed by atoms with van der Waals surface area (Å²) in [7, 11) is 0. The molecule has 1 aliphatic rings. The fourth-order valence-corrected chi connectivity index (χ4v) is 2.23. The minimum absolute atomic E-state index is 0.235. The number of carbonyl (C=O) groups is 1. The molecular weight excluding hydrogens is 216 g/mol. The van der Waals surface area contributed by atoms with Gasteiger partial charge in [0.25, 0.3) is 0 Å². The van der Waals surface area contributed by atoms with Crippen LogP contribution in [0.5, 0.6) is 0 Å². The van der Waals surface area contributed by atoms with Crippen molar-refractivity contribution in [3.05, 3.63) is 17.8 Å². The van der Waals surface area contributed by atoms with Gasteiger partial charge in [-0.3, -0.25) is 4.79 Å². The zero-order valence-corrected chi connectivity index (χ0v) is 10.8. The molecule has 0 fully saturated rings. The van der Waals surface area contributed by atoms with Crippen molar-refractivity contribution in [2.24, 2.45) is 5.41 Å². The molecule has 17 heavy (non-hydrogen) atoms. The van der Waals surface area contributed by atoms with Crippen LogP contribution in [-0.2, 0) is 17.8 Å². The summed E-state index contributed by atoms with van der Waals surface area (Å²) in [6.45, 7) is 7.55. The highest BCUT2D eigenvalue weighted by molar-refractivity contribution is 5.82. The molecule has 0 radical (unpaired) electrons. The van der Waals surface area contributed by atoms with Gasteiger partial charge in [-0.25, -0.2) is 4.98 Å². The molecule has 0 aliphatic carbocycles. The third-order valence-corrected chi connectivity index (χ3v) is 4.04. The Kier molecular flexibility index (Phi) is 3.22. The number of amides is 1. The standard InChI is InChI=1S/C13H20N2O2/c1-4-13(3,5-2)12(16)15-7-6-11-10(8-15)14-9-17-11/h9H,4-8H2,1-3H3. The smallest absolute Gasteiger partial charge is 0.228 e. The van der Waals surface area contributed by atoms with E-state index in [4.69, 9.17) is 4.42 Å². The van der Waals surface area contributed by atoms with E-state index in [-0.39, 0.29) is 11.3 Å². The van der Waals surface area contributed by atoms with Crippen LogP contribution in [-0.4, -0.2) is 22.3 Å². The van der Waals surface area contributed by atoms with Gasteiger partial charge in [-0.15, -0.1) is 0 Å². The van der Waals surface area contributed by atoms with Crippen LogP contribution in [0.4, 0.5) is 0 Å². The summed E-state index contributed by atoms with van der Waals surface area (Å²) >= 11 is 0. The Morgan fingerprint density at radius 3 is 2.88 bits per heavy atom. The average molecular weight is 236 g/mol. The molecule has 0 atom stereocenters. The molecule has 94 valence electrons. The van der Waals surface area contributed by atoms with E-state index < -0.39 is 0 Å². The molecule has 0 bridgehead atoms. The highest BCUT2D eigenvalue weighted by atomic mass is 16.3. The van der Waals surface area contributed by atoms with Crippen LogP contribution in [0.1, 0.15) is 45.1 Å². The van der Waals surface area contributed by atoms with Gasteiger partial charge >= 0.3 is 0 Å². The molecule has 0 spiro atoms. The molecule has 0 unspecified atom stereocenters. The molecule has 1 amide bonds. The lowest BCUT2D eigenvalue weighted by Crippen LogP contribution is -2.44. The molecule has 2 rings (SSSR count). The topological polar surface area (TPSA) is 46.3 Å². The van der Waals surface area contributed by atoms with Gasteiger partial charge in [0.15, 0.2) is 6.39 Å². The monoisotopic (exact) mass is 236 g/mol. The van der Waals surface area contributed by atoms with Crippen molar-refractivity contribution in [3.63, 3.8) is 0 Å². The van der Waals surface area contributed by atoms with E-state index in [1.165, 1.54) is 6.39 Å². The lowest BCUT2D eigenvalue weighted by molar-refractivity contribution is -0.142. The maximum absolute atomic E-state index is 12.5. The Morgan fingerprint density at radius 2 is 2.24 bits per heavy atom. The second-order valence-electron chi connectivity index (χ2n) is 4.97. The zero-order valence-electron chi connectivity index (χ0n) is 10.8. The molecule has 4 nitrogen and oxygen atoms in total. The first-order valence-corrected chi connectivity index (χ1v) is 6.31. The van der Waals surface area contributed by atoms with Crippen LogP contribution in [0.15, 0.2) is 10.8 Å². The Labute approximate surface area is 102 Å². The lowest BCUT2D eigenvalue weighted by Gasteiger charge is -2.34. The number of hydrogen-bond donors (Lipinski definition) is 0. The summed E-state index contributed by atoms with van der Waals surface area (Å²) in [5.74, 6) is 1.18. The van der Waals surface area contributed by atoms with Crippen LogP contribution < -0.4 is 0 Å². The first-order chi connectivity index (χ1) is 8.10. The predicted molar refractivity (Wildman–Crippen MR) is 64.3 cm³/mol. The van der Waals surface area contributed by atoms with E-state index in [1.54, 1.807) is 0 Å². The molecule has 0 saturated carbocycles. The fourth-order valence-electron chi connectivity index (χ4n) is 2.23. The van der Waals surface area contributed by atoms with Crippen LogP contribution in [0.2, 0.25) is 0 Å². The first-order valence-electron chi connectivity index (χ1n) is 6.31. The highest BCUT2D eigenvalue weighted by Gasteiger charge is 2.35. The first kappa shape index (κ1) is 12.1. The van der Waals surface area contributed by atoms with Gasteiger partial charge in [0.1, 0.15) is 11.5 Å². The van der Waals surface area contributed by atoms with E-state index in [1.807, 2.05) is 11.8 Å². The Morgan fingerprint density at radius 1 is 1.53 bits per heavy atom. The molecule has 2 heterocycles. The van der Waals surface area contributed by atoms with Gasteiger partial charge in [-0.1, -0.05) is 20.8 Å². The quantitative estimate of drug-likeness (QED) is 0.809. The molecule has 0 aromatic carbocycles. The van der Waals surface area contributed by atoms with Crippen molar-refractivity contribution < 1.29 is 9.21 Å². The van der Waals surface area contributed by atoms with Gasteiger partial charge in [-0.2, -0.15) is 0 Å². The molecule has 4 heteroatoms. The molecule has 1 aromatic rings. The normalized spacial score (nSPS) is 15.8. The number of hydrogen-bond acceptors (Lipinski definition) is 3. The molecule has 0 N–H and O–H groups in total. The summed E-state index contributed by atoms with van der Waals surface area (Å²) in [5, 5.41) is 0. The Bertz CT molecular complexity index is 407. The zero-order chi connectivity index (χ0) is 12.5. The third-order valence-electron chi connectivity index (χ3n) is 4.04. The van der Waals surface area contributed by atoms with Gasteiger partial charge in [0.05, 0.1) is 6.54 Å². The van der Waals surface area contributed by atoms with E-state index >= 15 is 0 Å². The summed E-state index contributed by atoms with van der Waals surface area (Å²) < 4.78 is 5.27.